The van der Waals surface area contributed by atoms with Gasteiger partial charge in [0.05, 0.1) is 6.04 Å². The van der Waals surface area contributed by atoms with E-state index in [1.807, 2.05) is 24.3 Å². The van der Waals surface area contributed by atoms with Crippen molar-refractivity contribution >= 4 is 45.8 Å². The molecule has 2 aromatic rings. The van der Waals surface area contributed by atoms with Crippen LogP contribution in [0.25, 0.3) is 0 Å². The highest BCUT2D eigenvalue weighted by Crippen LogP contribution is 2.32. The van der Waals surface area contributed by atoms with Crippen molar-refractivity contribution in [2.24, 2.45) is 5.84 Å². The summed E-state index contributed by atoms with van der Waals surface area (Å²) in [4.78, 5) is 0. The van der Waals surface area contributed by atoms with Crippen LogP contribution in [0.2, 0.25) is 10.0 Å². The maximum absolute atomic E-state index is 6.26. The van der Waals surface area contributed by atoms with Gasteiger partial charge in [-0.1, -0.05) is 47.5 Å². The molecule has 0 radical (unpaired) electrons. The highest BCUT2D eigenvalue weighted by atomic mass is 127. The Bertz CT molecular complexity index is 602. The van der Waals surface area contributed by atoms with Gasteiger partial charge in [0.15, 0.2) is 0 Å². The molecule has 0 aliphatic rings. The molecule has 0 aromatic heterocycles. The normalized spacial score (nSPS) is 12.5. The summed E-state index contributed by atoms with van der Waals surface area (Å²) in [6, 6.07) is 11.4. The largest absolute Gasteiger partial charge is 0.271 e. The second-order valence-electron chi connectivity index (χ2n) is 4.24. The lowest BCUT2D eigenvalue weighted by molar-refractivity contribution is 0.634. The molecule has 0 bridgehead atoms. The summed E-state index contributed by atoms with van der Waals surface area (Å²) in [6.07, 6.45) is 0. The van der Waals surface area contributed by atoms with E-state index >= 15 is 0 Å². The van der Waals surface area contributed by atoms with Crippen molar-refractivity contribution in [2.45, 2.75) is 13.0 Å². The first-order chi connectivity index (χ1) is 9.04. The Morgan fingerprint density at radius 2 is 1.89 bits per heavy atom. The average molecular weight is 407 g/mol. The van der Waals surface area contributed by atoms with Gasteiger partial charge in [-0.05, 0) is 58.3 Å². The number of hydrazine groups is 1. The zero-order valence-electron chi connectivity index (χ0n) is 10.3. The molecule has 0 saturated carbocycles. The molecule has 0 saturated heterocycles. The highest BCUT2D eigenvalue weighted by Gasteiger charge is 2.18. The molecule has 0 heterocycles. The molecule has 2 nitrogen and oxygen atoms in total. The van der Waals surface area contributed by atoms with Crippen molar-refractivity contribution in [1.29, 1.82) is 0 Å². The molecule has 2 aromatic carbocycles. The minimum absolute atomic E-state index is 0.156. The predicted octanol–water partition coefficient (Wildman–Crippen LogP) is 4.46. The van der Waals surface area contributed by atoms with E-state index in [1.54, 1.807) is 6.07 Å². The molecule has 0 spiro atoms. The van der Waals surface area contributed by atoms with E-state index in [0.29, 0.717) is 10.0 Å². The number of benzene rings is 2. The fourth-order valence-electron chi connectivity index (χ4n) is 1.98. The molecule has 1 unspecified atom stereocenters. The summed E-state index contributed by atoms with van der Waals surface area (Å²) in [6.45, 7) is 2.07. The molecule has 0 fully saturated rings. The fraction of sp³-hybridized carbons (Fsp3) is 0.143. The van der Waals surface area contributed by atoms with E-state index in [4.69, 9.17) is 29.0 Å². The van der Waals surface area contributed by atoms with E-state index < -0.39 is 0 Å². The van der Waals surface area contributed by atoms with Gasteiger partial charge in [0.25, 0.3) is 0 Å². The second kappa shape index (κ2) is 6.41. The summed E-state index contributed by atoms with van der Waals surface area (Å²) in [5.74, 6) is 5.72. The van der Waals surface area contributed by atoms with Crippen LogP contribution < -0.4 is 11.3 Å². The minimum Gasteiger partial charge on any atom is -0.271 e. The molecule has 3 N–H and O–H groups in total. The number of aryl methyl sites for hydroxylation is 1. The highest BCUT2D eigenvalue weighted by molar-refractivity contribution is 14.1. The molecule has 100 valence electrons. The van der Waals surface area contributed by atoms with Crippen molar-refractivity contribution in [2.75, 3.05) is 0 Å². The summed E-state index contributed by atoms with van der Waals surface area (Å²) < 4.78 is 1.18. The van der Waals surface area contributed by atoms with Gasteiger partial charge < -0.3 is 0 Å². The molecule has 5 heteroatoms. The number of hydrogen-bond donors (Lipinski definition) is 2. The number of rotatable bonds is 3. The van der Waals surface area contributed by atoms with Crippen LogP contribution in [0.5, 0.6) is 0 Å². The van der Waals surface area contributed by atoms with Gasteiger partial charge in [-0.15, -0.1) is 0 Å². The maximum Gasteiger partial charge on any atom is 0.0734 e. The van der Waals surface area contributed by atoms with Gasteiger partial charge in [0, 0.05) is 13.6 Å². The Balaban J connectivity index is 2.53. The second-order valence-corrected chi connectivity index (χ2v) is 6.17. The van der Waals surface area contributed by atoms with Gasteiger partial charge in [-0.3, -0.25) is 5.84 Å². The first kappa shape index (κ1) is 15.1. The number of halogens is 3. The molecular weight excluding hydrogens is 394 g/mol. The lowest BCUT2D eigenvalue weighted by atomic mass is 9.98. The zero-order valence-corrected chi connectivity index (χ0v) is 13.9. The van der Waals surface area contributed by atoms with Crippen LogP contribution in [0, 0.1) is 10.5 Å². The Morgan fingerprint density at radius 1 is 1.16 bits per heavy atom. The van der Waals surface area contributed by atoms with E-state index in [0.717, 1.165) is 11.1 Å². The molecule has 1 atom stereocenters. The average Bonchev–Trinajstić information content (AvgIpc) is 2.37. The SMILES string of the molecule is Cc1cccc(C(NN)c2ccc(Cl)cc2Cl)c1I. The minimum atomic E-state index is -0.156. The van der Waals surface area contributed by atoms with Gasteiger partial charge in [-0.25, -0.2) is 5.43 Å². The topological polar surface area (TPSA) is 38.0 Å². The summed E-state index contributed by atoms with van der Waals surface area (Å²) in [7, 11) is 0. The Morgan fingerprint density at radius 3 is 2.53 bits per heavy atom. The summed E-state index contributed by atoms with van der Waals surface area (Å²) in [5.41, 5.74) is 6.06. The zero-order chi connectivity index (χ0) is 14.0. The standard InChI is InChI=1S/C14H13Cl2IN2/c1-8-3-2-4-11(13(8)17)14(19-18)10-6-5-9(15)7-12(10)16/h2-7,14,19H,18H2,1H3. The van der Waals surface area contributed by atoms with E-state index in [-0.39, 0.29) is 6.04 Å². The molecule has 0 amide bonds. The van der Waals surface area contributed by atoms with Gasteiger partial charge in [0.1, 0.15) is 0 Å². The van der Waals surface area contributed by atoms with Gasteiger partial charge in [-0.2, -0.15) is 0 Å². The Labute approximate surface area is 136 Å². The lowest BCUT2D eigenvalue weighted by Crippen LogP contribution is -2.29. The first-order valence-corrected chi connectivity index (χ1v) is 7.54. The molecule has 19 heavy (non-hydrogen) atoms. The van der Waals surface area contributed by atoms with Gasteiger partial charge in [0.2, 0.25) is 0 Å². The van der Waals surface area contributed by atoms with Crippen molar-refractivity contribution in [3.05, 3.63) is 66.7 Å². The third kappa shape index (κ3) is 3.23. The predicted molar refractivity (Wildman–Crippen MR) is 89.5 cm³/mol. The smallest absolute Gasteiger partial charge is 0.0734 e. The molecule has 0 aliphatic carbocycles. The van der Waals surface area contributed by atoms with Gasteiger partial charge >= 0.3 is 0 Å². The fourth-order valence-corrected chi connectivity index (χ4v) is 3.16. The molecular formula is C14H13Cl2IN2. The van der Waals surface area contributed by atoms with Crippen molar-refractivity contribution < 1.29 is 0 Å². The van der Waals surface area contributed by atoms with Crippen LogP contribution in [0.15, 0.2) is 36.4 Å². The molecule has 2 rings (SSSR count). The van der Waals surface area contributed by atoms with Crippen molar-refractivity contribution in [1.82, 2.24) is 5.43 Å². The molecule has 0 aliphatic heterocycles. The maximum atomic E-state index is 6.26. The first-order valence-electron chi connectivity index (χ1n) is 5.70. The van der Waals surface area contributed by atoms with Crippen LogP contribution in [-0.4, -0.2) is 0 Å². The van der Waals surface area contributed by atoms with E-state index in [2.05, 4.69) is 41.0 Å². The number of nitrogens with two attached hydrogens (primary N) is 1. The third-order valence-electron chi connectivity index (χ3n) is 2.97. The Kier molecular flexibility index (Phi) is 5.09. The van der Waals surface area contributed by atoms with Crippen LogP contribution in [-0.2, 0) is 0 Å². The van der Waals surface area contributed by atoms with Crippen molar-refractivity contribution in [3.63, 3.8) is 0 Å². The van der Waals surface area contributed by atoms with E-state index in [1.165, 1.54) is 9.13 Å². The quantitative estimate of drug-likeness (QED) is 0.448. The van der Waals surface area contributed by atoms with Crippen LogP contribution in [0.1, 0.15) is 22.7 Å². The summed E-state index contributed by atoms with van der Waals surface area (Å²) in [5, 5.41) is 1.22. The lowest BCUT2D eigenvalue weighted by Gasteiger charge is -2.20. The van der Waals surface area contributed by atoms with Crippen LogP contribution in [0.3, 0.4) is 0 Å². The van der Waals surface area contributed by atoms with Crippen molar-refractivity contribution in [3.8, 4) is 0 Å². The number of nitrogens with one attached hydrogen (secondary N) is 1. The van der Waals surface area contributed by atoms with E-state index in [9.17, 15) is 0 Å². The monoisotopic (exact) mass is 406 g/mol. The Hall–Kier alpha value is -0.330. The summed E-state index contributed by atoms with van der Waals surface area (Å²) >= 11 is 14.5. The number of hydrogen-bond acceptors (Lipinski definition) is 2. The van der Waals surface area contributed by atoms with Crippen LogP contribution in [0.4, 0.5) is 0 Å². The van der Waals surface area contributed by atoms with Crippen LogP contribution >= 0.6 is 45.8 Å². The third-order valence-corrected chi connectivity index (χ3v) is 5.01.